The number of hydrogen-bond donors (Lipinski definition) is 1. The van der Waals surface area contributed by atoms with Crippen molar-refractivity contribution < 1.29 is 9.59 Å². The lowest BCUT2D eigenvalue weighted by molar-refractivity contribution is -0.135. The van der Waals surface area contributed by atoms with Gasteiger partial charge in [0.25, 0.3) is 0 Å². The Morgan fingerprint density at radius 1 is 1.41 bits per heavy atom. The number of hydrogen-bond acceptors (Lipinski definition) is 3. The molecule has 0 spiro atoms. The Morgan fingerprint density at radius 3 is 2.86 bits per heavy atom. The van der Waals surface area contributed by atoms with Gasteiger partial charge in [-0.15, -0.1) is 0 Å². The number of anilines is 1. The van der Waals surface area contributed by atoms with Crippen molar-refractivity contribution >= 4 is 17.6 Å². The van der Waals surface area contributed by atoms with Gasteiger partial charge in [-0.1, -0.05) is 19.9 Å². The molecule has 2 heterocycles. The van der Waals surface area contributed by atoms with Crippen molar-refractivity contribution in [3.8, 4) is 0 Å². The number of aryl methyl sites for hydroxylation is 1. The first kappa shape index (κ1) is 16.5. The van der Waals surface area contributed by atoms with E-state index in [1.54, 1.807) is 6.07 Å². The maximum absolute atomic E-state index is 12.4. The summed E-state index contributed by atoms with van der Waals surface area (Å²) in [5, 5.41) is 2.86. The molecule has 1 saturated heterocycles. The summed E-state index contributed by atoms with van der Waals surface area (Å²) in [5.41, 5.74) is 0.871. The molecule has 0 bridgehead atoms. The van der Waals surface area contributed by atoms with E-state index in [1.165, 1.54) is 0 Å². The van der Waals surface area contributed by atoms with E-state index in [0.29, 0.717) is 24.7 Å². The number of carbonyl (C=O) groups is 2. The Balaban J connectivity index is 1.94. The van der Waals surface area contributed by atoms with Crippen LogP contribution in [0.5, 0.6) is 0 Å². The van der Waals surface area contributed by atoms with Crippen LogP contribution in [0.1, 0.15) is 38.8 Å². The molecule has 1 fully saturated rings. The van der Waals surface area contributed by atoms with Gasteiger partial charge < -0.3 is 10.2 Å². The van der Waals surface area contributed by atoms with E-state index in [1.807, 2.05) is 37.8 Å². The smallest absolute Gasteiger partial charge is 0.230 e. The summed E-state index contributed by atoms with van der Waals surface area (Å²) >= 11 is 0. The quantitative estimate of drug-likeness (QED) is 0.930. The third-order valence-corrected chi connectivity index (χ3v) is 3.87. The first-order valence-corrected chi connectivity index (χ1v) is 7.98. The third-order valence-electron chi connectivity index (χ3n) is 3.87. The fraction of sp³-hybridized carbons (Fsp3) is 0.588. The number of amides is 2. The lowest BCUT2D eigenvalue weighted by Gasteiger charge is -2.32. The molecule has 0 saturated carbocycles. The van der Waals surface area contributed by atoms with Crippen LogP contribution in [0.2, 0.25) is 0 Å². The van der Waals surface area contributed by atoms with Crippen molar-refractivity contribution in [3.63, 3.8) is 0 Å². The van der Waals surface area contributed by atoms with Crippen molar-refractivity contribution in [2.75, 3.05) is 18.4 Å². The Morgan fingerprint density at radius 2 is 2.18 bits per heavy atom. The van der Waals surface area contributed by atoms with E-state index < -0.39 is 0 Å². The summed E-state index contributed by atoms with van der Waals surface area (Å²) in [4.78, 5) is 30.7. The molecule has 2 amide bonds. The molecule has 1 aliphatic rings. The molecule has 0 unspecified atom stereocenters. The van der Waals surface area contributed by atoms with Gasteiger partial charge in [0, 0.05) is 25.2 Å². The van der Waals surface area contributed by atoms with Crippen molar-refractivity contribution in [3.05, 3.63) is 23.9 Å². The predicted octanol–water partition coefficient (Wildman–Crippen LogP) is 2.61. The second kappa shape index (κ2) is 7.38. The topological polar surface area (TPSA) is 62.3 Å². The van der Waals surface area contributed by atoms with E-state index in [2.05, 4.69) is 10.3 Å². The summed E-state index contributed by atoms with van der Waals surface area (Å²) in [6.07, 6.45) is 2.25. The Bertz CT molecular complexity index is 542. The third kappa shape index (κ3) is 4.55. The number of rotatable bonds is 4. The van der Waals surface area contributed by atoms with E-state index in [0.717, 1.165) is 25.1 Å². The zero-order valence-electron chi connectivity index (χ0n) is 13.6. The van der Waals surface area contributed by atoms with Crippen LogP contribution in [0.4, 0.5) is 5.82 Å². The fourth-order valence-electron chi connectivity index (χ4n) is 2.74. The number of likely N-dealkylation sites (tertiary alicyclic amines) is 1. The first-order valence-electron chi connectivity index (χ1n) is 7.98. The average molecular weight is 303 g/mol. The van der Waals surface area contributed by atoms with Crippen LogP contribution in [-0.2, 0) is 9.59 Å². The number of pyridine rings is 1. The molecule has 1 N–H and O–H groups in total. The van der Waals surface area contributed by atoms with E-state index in [-0.39, 0.29) is 17.7 Å². The molecular formula is C17H25N3O2. The molecule has 2 rings (SSSR count). The Hall–Kier alpha value is -1.91. The zero-order valence-corrected chi connectivity index (χ0v) is 13.6. The molecule has 120 valence electrons. The van der Waals surface area contributed by atoms with Gasteiger partial charge in [-0.05, 0) is 37.8 Å². The molecule has 0 aromatic carbocycles. The SMILES string of the molecule is Cc1cccc(NC(=O)[C@@H]2CCCN(C(=O)CC(C)C)C2)n1. The summed E-state index contributed by atoms with van der Waals surface area (Å²) < 4.78 is 0. The molecule has 22 heavy (non-hydrogen) atoms. The van der Waals surface area contributed by atoms with Crippen molar-refractivity contribution in [2.45, 2.75) is 40.0 Å². The molecule has 5 nitrogen and oxygen atoms in total. The monoisotopic (exact) mass is 303 g/mol. The maximum Gasteiger partial charge on any atom is 0.230 e. The molecule has 0 aliphatic carbocycles. The molecule has 0 radical (unpaired) electrons. The summed E-state index contributed by atoms with van der Waals surface area (Å²) in [6.45, 7) is 7.24. The largest absolute Gasteiger partial charge is 0.342 e. The van der Waals surface area contributed by atoms with Crippen LogP contribution in [0.25, 0.3) is 0 Å². The van der Waals surface area contributed by atoms with Crippen LogP contribution in [0.3, 0.4) is 0 Å². The standard InChI is InChI=1S/C17H25N3O2/c1-12(2)10-16(21)20-9-5-7-14(11-20)17(22)19-15-8-4-6-13(3)18-15/h4,6,8,12,14H,5,7,9-11H2,1-3H3,(H,18,19,22)/t14-/m1/s1. The highest BCUT2D eigenvalue weighted by atomic mass is 16.2. The average Bonchev–Trinajstić information content (AvgIpc) is 2.46. The van der Waals surface area contributed by atoms with Crippen molar-refractivity contribution in [2.24, 2.45) is 11.8 Å². The normalized spacial score (nSPS) is 18.4. The van der Waals surface area contributed by atoms with Gasteiger partial charge in [-0.2, -0.15) is 0 Å². The number of aromatic nitrogens is 1. The van der Waals surface area contributed by atoms with Crippen LogP contribution < -0.4 is 5.32 Å². The van der Waals surface area contributed by atoms with Crippen LogP contribution >= 0.6 is 0 Å². The van der Waals surface area contributed by atoms with Crippen LogP contribution in [0, 0.1) is 18.8 Å². The number of piperidine rings is 1. The summed E-state index contributed by atoms with van der Waals surface area (Å²) in [6, 6.07) is 5.55. The highest BCUT2D eigenvalue weighted by Crippen LogP contribution is 2.20. The lowest BCUT2D eigenvalue weighted by atomic mass is 9.96. The number of nitrogens with one attached hydrogen (secondary N) is 1. The molecule has 1 aliphatic heterocycles. The van der Waals surface area contributed by atoms with E-state index in [9.17, 15) is 9.59 Å². The van der Waals surface area contributed by atoms with Gasteiger partial charge in [0.1, 0.15) is 5.82 Å². The second-order valence-electron chi connectivity index (χ2n) is 6.43. The minimum atomic E-state index is -0.146. The van der Waals surface area contributed by atoms with Gasteiger partial charge in [0.15, 0.2) is 0 Å². The lowest BCUT2D eigenvalue weighted by Crippen LogP contribution is -2.44. The number of nitrogens with zero attached hydrogens (tertiary/aromatic N) is 2. The van der Waals surface area contributed by atoms with Crippen LogP contribution in [0.15, 0.2) is 18.2 Å². The predicted molar refractivity (Wildman–Crippen MR) is 86.4 cm³/mol. The maximum atomic E-state index is 12.4. The van der Waals surface area contributed by atoms with Crippen LogP contribution in [-0.4, -0.2) is 34.8 Å². The highest BCUT2D eigenvalue weighted by Gasteiger charge is 2.28. The summed E-state index contributed by atoms with van der Waals surface area (Å²) in [7, 11) is 0. The zero-order chi connectivity index (χ0) is 16.1. The summed E-state index contributed by atoms with van der Waals surface area (Å²) in [5.74, 6) is 0.891. The molecule has 5 heteroatoms. The second-order valence-corrected chi connectivity index (χ2v) is 6.43. The molecule has 1 aromatic rings. The van der Waals surface area contributed by atoms with Gasteiger partial charge >= 0.3 is 0 Å². The first-order chi connectivity index (χ1) is 10.5. The number of carbonyl (C=O) groups excluding carboxylic acids is 2. The van der Waals surface area contributed by atoms with E-state index in [4.69, 9.17) is 0 Å². The minimum absolute atomic E-state index is 0.0415. The Kier molecular flexibility index (Phi) is 5.52. The van der Waals surface area contributed by atoms with Gasteiger partial charge in [0.2, 0.25) is 11.8 Å². The van der Waals surface area contributed by atoms with E-state index >= 15 is 0 Å². The molecular weight excluding hydrogens is 278 g/mol. The highest BCUT2D eigenvalue weighted by molar-refractivity contribution is 5.92. The fourth-order valence-corrected chi connectivity index (χ4v) is 2.74. The molecule has 1 atom stereocenters. The van der Waals surface area contributed by atoms with Crippen molar-refractivity contribution in [1.82, 2.24) is 9.88 Å². The van der Waals surface area contributed by atoms with Crippen molar-refractivity contribution in [1.29, 1.82) is 0 Å². The van der Waals surface area contributed by atoms with Gasteiger partial charge in [0.05, 0.1) is 5.92 Å². The molecule has 1 aromatic heterocycles. The minimum Gasteiger partial charge on any atom is -0.342 e. The van der Waals surface area contributed by atoms with Gasteiger partial charge in [-0.3, -0.25) is 9.59 Å². The van der Waals surface area contributed by atoms with Gasteiger partial charge in [-0.25, -0.2) is 4.98 Å². The Labute approximate surface area is 132 Å².